The second-order valence-corrected chi connectivity index (χ2v) is 6.80. The molecule has 3 unspecified atom stereocenters. The van der Waals surface area contributed by atoms with Gasteiger partial charge in [-0.2, -0.15) is 11.8 Å². The molecule has 0 saturated heterocycles. The molecule has 3 atom stereocenters. The first-order valence-corrected chi connectivity index (χ1v) is 9.07. The van der Waals surface area contributed by atoms with Crippen LogP contribution in [0.25, 0.3) is 0 Å². The summed E-state index contributed by atoms with van der Waals surface area (Å²) in [6.07, 6.45) is 9.69. The Morgan fingerprint density at radius 3 is 2.70 bits per heavy atom. The summed E-state index contributed by atoms with van der Waals surface area (Å²) in [6, 6.07) is 8.01. The van der Waals surface area contributed by atoms with Crippen LogP contribution in [-0.4, -0.2) is 17.5 Å². The van der Waals surface area contributed by atoms with Gasteiger partial charge in [0, 0.05) is 17.3 Å². The quantitative estimate of drug-likeness (QED) is 0.765. The van der Waals surface area contributed by atoms with Gasteiger partial charge in [0.1, 0.15) is 5.82 Å². The molecule has 1 aliphatic rings. The topological polar surface area (TPSA) is 12.0 Å². The molecule has 1 aliphatic carbocycles. The minimum atomic E-state index is -0.147. The molecule has 0 bridgehead atoms. The number of hydrogen-bond donors (Lipinski definition) is 1. The molecule has 1 nitrogen and oxygen atoms in total. The number of nitrogens with one attached hydrogen (secondary N) is 1. The third-order valence-electron chi connectivity index (χ3n) is 4.29. The van der Waals surface area contributed by atoms with Crippen LogP contribution in [0.15, 0.2) is 24.3 Å². The average molecular weight is 295 g/mol. The number of halogens is 1. The van der Waals surface area contributed by atoms with E-state index in [9.17, 15) is 4.39 Å². The third-order valence-corrected chi connectivity index (χ3v) is 5.46. The monoisotopic (exact) mass is 295 g/mol. The predicted octanol–water partition coefficient (Wildman–Crippen LogP) is 4.93. The van der Waals surface area contributed by atoms with E-state index in [1.54, 1.807) is 12.1 Å². The fourth-order valence-electron chi connectivity index (χ4n) is 3.11. The molecule has 112 valence electrons. The number of hydrogen-bond acceptors (Lipinski definition) is 2. The smallest absolute Gasteiger partial charge is 0.123 e. The lowest BCUT2D eigenvalue weighted by Gasteiger charge is -2.27. The number of thioether (sulfide) groups is 1. The number of unbranched alkanes of at least 4 members (excludes halogenated alkanes) is 1. The van der Waals surface area contributed by atoms with Crippen molar-refractivity contribution in [2.45, 2.75) is 62.8 Å². The highest BCUT2D eigenvalue weighted by atomic mass is 32.2. The Labute approximate surface area is 126 Å². The van der Waals surface area contributed by atoms with Crippen LogP contribution in [0.5, 0.6) is 0 Å². The lowest BCUT2D eigenvalue weighted by Crippen LogP contribution is -2.37. The Morgan fingerprint density at radius 1 is 1.30 bits per heavy atom. The molecule has 2 rings (SSSR count). The van der Waals surface area contributed by atoms with Gasteiger partial charge in [-0.25, -0.2) is 4.39 Å². The lowest BCUT2D eigenvalue weighted by atomic mass is 9.99. The SMILES string of the molecule is CCCCC(NC1CCCC1SC)c1ccc(F)cc1. The van der Waals surface area contributed by atoms with E-state index in [0.29, 0.717) is 12.1 Å². The van der Waals surface area contributed by atoms with Gasteiger partial charge in [0.25, 0.3) is 0 Å². The second kappa shape index (κ2) is 8.04. The van der Waals surface area contributed by atoms with Crippen molar-refractivity contribution >= 4 is 11.8 Å². The van der Waals surface area contributed by atoms with Crippen molar-refractivity contribution in [2.75, 3.05) is 6.26 Å². The maximum Gasteiger partial charge on any atom is 0.123 e. The third kappa shape index (κ3) is 4.23. The lowest BCUT2D eigenvalue weighted by molar-refractivity contribution is 0.414. The molecular formula is C17H26FNS. The van der Waals surface area contributed by atoms with Crippen molar-refractivity contribution in [3.63, 3.8) is 0 Å². The highest BCUT2D eigenvalue weighted by Gasteiger charge is 2.28. The maximum absolute atomic E-state index is 13.1. The summed E-state index contributed by atoms with van der Waals surface area (Å²) < 4.78 is 13.1. The molecule has 1 aromatic carbocycles. The zero-order valence-electron chi connectivity index (χ0n) is 12.6. The standard InChI is InChI=1S/C17H26FNS/c1-3-4-6-15(13-9-11-14(18)12-10-13)19-16-7-5-8-17(16)20-2/h9-12,15-17,19H,3-8H2,1-2H3. The van der Waals surface area contributed by atoms with Crippen molar-refractivity contribution in [1.82, 2.24) is 5.32 Å². The van der Waals surface area contributed by atoms with Crippen LogP contribution in [0.2, 0.25) is 0 Å². The first-order chi connectivity index (χ1) is 9.74. The Morgan fingerprint density at radius 2 is 2.05 bits per heavy atom. The summed E-state index contributed by atoms with van der Waals surface area (Å²) >= 11 is 1.98. The van der Waals surface area contributed by atoms with Gasteiger partial charge in [-0.15, -0.1) is 0 Å². The summed E-state index contributed by atoms with van der Waals surface area (Å²) in [5.41, 5.74) is 1.23. The number of benzene rings is 1. The van der Waals surface area contributed by atoms with E-state index in [0.717, 1.165) is 11.7 Å². The molecule has 0 aliphatic heterocycles. The zero-order chi connectivity index (χ0) is 14.4. The van der Waals surface area contributed by atoms with Crippen molar-refractivity contribution in [2.24, 2.45) is 0 Å². The molecule has 0 spiro atoms. The first-order valence-electron chi connectivity index (χ1n) is 7.79. The van der Waals surface area contributed by atoms with Crippen molar-refractivity contribution < 1.29 is 4.39 Å². The van der Waals surface area contributed by atoms with Gasteiger partial charge in [0.05, 0.1) is 0 Å². The highest BCUT2D eigenvalue weighted by Crippen LogP contribution is 2.31. The molecule has 1 fully saturated rings. The Bertz CT molecular complexity index is 392. The van der Waals surface area contributed by atoms with Gasteiger partial charge >= 0.3 is 0 Å². The minimum absolute atomic E-state index is 0.147. The molecule has 0 aromatic heterocycles. The van der Waals surface area contributed by atoms with Crippen LogP contribution >= 0.6 is 11.8 Å². The van der Waals surface area contributed by atoms with Crippen LogP contribution in [0, 0.1) is 5.82 Å². The van der Waals surface area contributed by atoms with E-state index < -0.39 is 0 Å². The molecule has 0 radical (unpaired) electrons. The fourth-order valence-corrected chi connectivity index (χ4v) is 4.05. The normalized spacial score (nSPS) is 23.9. The van der Waals surface area contributed by atoms with Gasteiger partial charge in [-0.3, -0.25) is 0 Å². The average Bonchev–Trinajstić information content (AvgIpc) is 2.91. The van der Waals surface area contributed by atoms with E-state index in [1.807, 2.05) is 23.9 Å². The molecule has 1 N–H and O–H groups in total. The maximum atomic E-state index is 13.1. The van der Waals surface area contributed by atoms with Crippen LogP contribution in [0.4, 0.5) is 4.39 Å². The highest BCUT2D eigenvalue weighted by molar-refractivity contribution is 7.99. The Hall–Kier alpha value is -0.540. The molecule has 1 aromatic rings. The Kier molecular flexibility index (Phi) is 6.37. The molecule has 3 heteroatoms. The predicted molar refractivity (Wildman–Crippen MR) is 86.7 cm³/mol. The van der Waals surface area contributed by atoms with E-state index in [2.05, 4.69) is 18.5 Å². The summed E-state index contributed by atoms with van der Waals surface area (Å²) in [6.45, 7) is 2.22. The van der Waals surface area contributed by atoms with Gasteiger partial charge in [-0.1, -0.05) is 38.3 Å². The first kappa shape index (κ1) is 15.8. The Balaban J connectivity index is 2.04. The van der Waals surface area contributed by atoms with Crippen LogP contribution < -0.4 is 5.32 Å². The molecular weight excluding hydrogens is 269 g/mol. The molecule has 1 saturated carbocycles. The van der Waals surface area contributed by atoms with Gasteiger partial charge in [0.15, 0.2) is 0 Å². The minimum Gasteiger partial charge on any atom is -0.306 e. The summed E-state index contributed by atoms with van der Waals surface area (Å²) in [4.78, 5) is 0. The molecule has 20 heavy (non-hydrogen) atoms. The van der Waals surface area contributed by atoms with Gasteiger partial charge < -0.3 is 5.32 Å². The second-order valence-electron chi connectivity index (χ2n) is 5.72. The van der Waals surface area contributed by atoms with Gasteiger partial charge in [0.2, 0.25) is 0 Å². The van der Waals surface area contributed by atoms with Crippen LogP contribution in [0.1, 0.15) is 57.1 Å². The van der Waals surface area contributed by atoms with Crippen molar-refractivity contribution in [1.29, 1.82) is 0 Å². The van der Waals surface area contributed by atoms with Crippen molar-refractivity contribution in [3.8, 4) is 0 Å². The van der Waals surface area contributed by atoms with E-state index >= 15 is 0 Å². The van der Waals surface area contributed by atoms with Gasteiger partial charge in [-0.05, 0) is 43.2 Å². The summed E-state index contributed by atoms with van der Waals surface area (Å²) in [7, 11) is 0. The zero-order valence-corrected chi connectivity index (χ0v) is 13.4. The largest absolute Gasteiger partial charge is 0.306 e. The summed E-state index contributed by atoms with van der Waals surface area (Å²) in [5, 5.41) is 4.58. The van der Waals surface area contributed by atoms with Crippen LogP contribution in [0.3, 0.4) is 0 Å². The van der Waals surface area contributed by atoms with E-state index in [-0.39, 0.29) is 5.82 Å². The molecule has 0 amide bonds. The summed E-state index contributed by atoms with van der Waals surface area (Å²) in [5.74, 6) is -0.147. The van der Waals surface area contributed by atoms with Crippen molar-refractivity contribution in [3.05, 3.63) is 35.6 Å². The van der Waals surface area contributed by atoms with E-state index in [1.165, 1.54) is 37.7 Å². The fraction of sp³-hybridized carbons (Fsp3) is 0.647. The molecule has 0 heterocycles. The number of rotatable bonds is 7. The van der Waals surface area contributed by atoms with Crippen LogP contribution in [-0.2, 0) is 0 Å². The van der Waals surface area contributed by atoms with E-state index in [4.69, 9.17) is 0 Å².